The first kappa shape index (κ1) is 14.6. The van der Waals surface area contributed by atoms with Crippen molar-refractivity contribution in [2.75, 3.05) is 0 Å². The van der Waals surface area contributed by atoms with Gasteiger partial charge in [0.2, 0.25) is 5.91 Å². The molecule has 1 saturated carbocycles. The quantitative estimate of drug-likeness (QED) is 0.888. The summed E-state index contributed by atoms with van der Waals surface area (Å²) >= 11 is 3.43. The van der Waals surface area contributed by atoms with Crippen LogP contribution in [0.2, 0.25) is 0 Å². The Morgan fingerprint density at radius 1 is 1.26 bits per heavy atom. The molecule has 1 aromatic carbocycles. The van der Waals surface area contributed by atoms with Gasteiger partial charge in [-0.15, -0.1) is 0 Å². The maximum Gasteiger partial charge on any atom is 0.223 e. The summed E-state index contributed by atoms with van der Waals surface area (Å²) < 4.78 is 1.09. The van der Waals surface area contributed by atoms with Crippen LogP contribution in [0.25, 0.3) is 0 Å². The minimum Gasteiger partial charge on any atom is -0.353 e. The maximum absolute atomic E-state index is 12.1. The lowest BCUT2D eigenvalue weighted by atomic mass is 9.88. The SMILES string of the molecule is C[C@H](Cc1ccc(Br)cc1)NC(=O)C1CCCCC1. The molecule has 2 nitrogen and oxygen atoms in total. The zero-order valence-electron chi connectivity index (χ0n) is 11.5. The Labute approximate surface area is 124 Å². The number of carbonyl (C=O) groups is 1. The van der Waals surface area contributed by atoms with E-state index in [4.69, 9.17) is 0 Å². The van der Waals surface area contributed by atoms with E-state index in [0.717, 1.165) is 23.7 Å². The van der Waals surface area contributed by atoms with Crippen LogP contribution < -0.4 is 5.32 Å². The number of hydrogen-bond donors (Lipinski definition) is 1. The van der Waals surface area contributed by atoms with Crippen LogP contribution in [0.3, 0.4) is 0 Å². The van der Waals surface area contributed by atoms with Crippen LogP contribution >= 0.6 is 15.9 Å². The highest BCUT2D eigenvalue weighted by molar-refractivity contribution is 9.10. The third-order valence-electron chi connectivity index (χ3n) is 3.82. The Morgan fingerprint density at radius 2 is 1.89 bits per heavy atom. The minimum absolute atomic E-state index is 0.204. The van der Waals surface area contributed by atoms with Crippen molar-refractivity contribution < 1.29 is 4.79 Å². The first-order valence-corrected chi connectivity index (χ1v) is 7.99. The van der Waals surface area contributed by atoms with Crippen molar-refractivity contribution in [1.82, 2.24) is 5.32 Å². The second kappa shape index (κ2) is 7.09. The molecule has 0 heterocycles. The van der Waals surface area contributed by atoms with Gasteiger partial charge in [-0.25, -0.2) is 0 Å². The number of halogens is 1. The van der Waals surface area contributed by atoms with E-state index in [0.29, 0.717) is 0 Å². The summed E-state index contributed by atoms with van der Waals surface area (Å²) in [6.45, 7) is 2.09. The van der Waals surface area contributed by atoms with Crippen LogP contribution in [0.1, 0.15) is 44.6 Å². The van der Waals surface area contributed by atoms with Crippen LogP contribution in [0.15, 0.2) is 28.7 Å². The zero-order chi connectivity index (χ0) is 13.7. The fourth-order valence-corrected chi connectivity index (χ4v) is 3.01. The summed E-state index contributed by atoms with van der Waals surface area (Å²) in [5, 5.41) is 3.16. The van der Waals surface area contributed by atoms with Gasteiger partial charge in [-0.05, 0) is 43.9 Å². The normalized spacial score (nSPS) is 18.0. The highest BCUT2D eigenvalue weighted by atomic mass is 79.9. The molecular weight excluding hydrogens is 302 g/mol. The van der Waals surface area contributed by atoms with Gasteiger partial charge in [-0.1, -0.05) is 47.3 Å². The Kier molecular flexibility index (Phi) is 5.44. The molecule has 1 amide bonds. The fourth-order valence-electron chi connectivity index (χ4n) is 2.75. The predicted molar refractivity (Wildman–Crippen MR) is 82.0 cm³/mol. The van der Waals surface area contributed by atoms with Crippen LogP contribution in [0.4, 0.5) is 0 Å². The first-order chi connectivity index (χ1) is 9.15. The summed E-state index contributed by atoms with van der Waals surface area (Å²) in [5.74, 6) is 0.505. The second-order valence-corrected chi connectivity index (χ2v) is 6.49. The summed E-state index contributed by atoms with van der Waals surface area (Å²) in [7, 11) is 0. The average molecular weight is 324 g/mol. The highest BCUT2D eigenvalue weighted by Gasteiger charge is 2.22. The molecule has 0 bridgehead atoms. The summed E-state index contributed by atoms with van der Waals surface area (Å²) in [5.41, 5.74) is 1.26. The number of hydrogen-bond acceptors (Lipinski definition) is 1. The van der Waals surface area contributed by atoms with Gasteiger partial charge in [-0.3, -0.25) is 4.79 Å². The first-order valence-electron chi connectivity index (χ1n) is 7.20. The Hall–Kier alpha value is -0.830. The zero-order valence-corrected chi connectivity index (χ0v) is 13.1. The van der Waals surface area contributed by atoms with E-state index < -0.39 is 0 Å². The van der Waals surface area contributed by atoms with Gasteiger partial charge < -0.3 is 5.32 Å². The van der Waals surface area contributed by atoms with Crippen molar-refractivity contribution in [2.24, 2.45) is 5.92 Å². The maximum atomic E-state index is 12.1. The van der Waals surface area contributed by atoms with E-state index in [1.165, 1.54) is 24.8 Å². The van der Waals surface area contributed by atoms with Crippen molar-refractivity contribution in [3.8, 4) is 0 Å². The molecule has 0 saturated heterocycles. The molecule has 3 heteroatoms. The number of amides is 1. The molecular formula is C16H22BrNO. The fraction of sp³-hybridized carbons (Fsp3) is 0.562. The number of rotatable bonds is 4. The van der Waals surface area contributed by atoms with Crippen molar-refractivity contribution >= 4 is 21.8 Å². The molecule has 1 fully saturated rings. The summed E-state index contributed by atoms with van der Waals surface area (Å²) in [6, 6.07) is 8.51. The standard InChI is InChI=1S/C16H22BrNO/c1-12(11-13-7-9-15(17)10-8-13)18-16(19)14-5-3-2-4-6-14/h7-10,12,14H,2-6,11H2,1H3,(H,18,19)/t12-/m1/s1. The molecule has 0 aliphatic heterocycles. The molecule has 1 aromatic rings. The molecule has 2 rings (SSSR count). The highest BCUT2D eigenvalue weighted by Crippen LogP contribution is 2.23. The Bertz CT molecular complexity index is 409. The lowest BCUT2D eigenvalue weighted by Crippen LogP contribution is -2.39. The second-order valence-electron chi connectivity index (χ2n) is 5.58. The van der Waals surface area contributed by atoms with Gasteiger partial charge in [0.25, 0.3) is 0 Å². The molecule has 1 atom stereocenters. The minimum atomic E-state index is 0.204. The summed E-state index contributed by atoms with van der Waals surface area (Å²) in [4.78, 5) is 12.1. The van der Waals surface area contributed by atoms with E-state index in [9.17, 15) is 4.79 Å². The largest absolute Gasteiger partial charge is 0.353 e. The molecule has 1 N–H and O–H groups in total. The van der Waals surface area contributed by atoms with Gasteiger partial charge in [0.15, 0.2) is 0 Å². The van der Waals surface area contributed by atoms with Crippen molar-refractivity contribution in [3.05, 3.63) is 34.3 Å². The third kappa shape index (κ3) is 4.64. The monoisotopic (exact) mass is 323 g/mol. The van der Waals surface area contributed by atoms with Crippen molar-refractivity contribution in [2.45, 2.75) is 51.5 Å². The molecule has 1 aliphatic carbocycles. The van der Waals surface area contributed by atoms with E-state index in [1.807, 2.05) is 12.1 Å². The van der Waals surface area contributed by atoms with Crippen LogP contribution in [0.5, 0.6) is 0 Å². The third-order valence-corrected chi connectivity index (χ3v) is 4.35. The predicted octanol–water partition coefficient (Wildman–Crippen LogP) is 4.08. The smallest absolute Gasteiger partial charge is 0.223 e. The van der Waals surface area contributed by atoms with Crippen LogP contribution in [0, 0.1) is 5.92 Å². The van der Waals surface area contributed by atoms with Gasteiger partial charge in [0.1, 0.15) is 0 Å². The Morgan fingerprint density at radius 3 is 2.53 bits per heavy atom. The van der Waals surface area contributed by atoms with E-state index in [1.54, 1.807) is 0 Å². The average Bonchev–Trinajstić information content (AvgIpc) is 2.42. The van der Waals surface area contributed by atoms with Crippen LogP contribution in [-0.2, 0) is 11.2 Å². The van der Waals surface area contributed by atoms with E-state index >= 15 is 0 Å². The molecule has 0 aromatic heterocycles. The van der Waals surface area contributed by atoms with Crippen molar-refractivity contribution in [3.63, 3.8) is 0 Å². The molecule has 0 radical (unpaired) electrons. The van der Waals surface area contributed by atoms with Gasteiger partial charge in [0, 0.05) is 16.4 Å². The van der Waals surface area contributed by atoms with E-state index in [2.05, 4.69) is 40.3 Å². The topological polar surface area (TPSA) is 29.1 Å². The molecule has 1 aliphatic rings. The van der Waals surface area contributed by atoms with Crippen LogP contribution in [-0.4, -0.2) is 11.9 Å². The van der Waals surface area contributed by atoms with Gasteiger partial charge in [-0.2, -0.15) is 0 Å². The van der Waals surface area contributed by atoms with Gasteiger partial charge in [0.05, 0.1) is 0 Å². The number of carbonyl (C=O) groups excluding carboxylic acids is 1. The molecule has 19 heavy (non-hydrogen) atoms. The molecule has 0 unspecified atom stereocenters. The van der Waals surface area contributed by atoms with E-state index in [-0.39, 0.29) is 17.9 Å². The number of benzene rings is 1. The molecule has 104 valence electrons. The number of nitrogens with one attached hydrogen (secondary N) is 1. The summed E-state index contributed by atoms with van der Waals surface area (Å²) in [6.07, 6.45) is 6.73. The van der Waals surface area contributed by atoms with Crippen molar-refractivity contribution in [1.29, 1.82) is 0 Å². The lowest BCUT2D eigenvalue weighted by Gasteiger charge is -2.23. The Balaban J connectivity index is 1.81. The molecule has 0 spiro atoms. The lowest BCUT2D eigenvalue weighted by molar-refractivity contribution is -0.126. The van der Waals surface area contributed by atoms with Gasteiger partial charge >= 0.3 is 0 Å².